The first-order valence-electron chi connectivity index (χ1n) is 8.11. The van der Waals surface area contributed by atoms with Crippen LogP contribution < -0.4 is 5.43 Å². The third-order valence-corrected chi connectivity index (χ3v) is 5.33. The summed E-state index contributed by atoms with van der Waals surface area (Å²) < 4.78 is 3.13. The highest BCUT2D eigenvalue weighted by Gasteiger charge is 2.12. The van der Waals surface area contributed by atoms with Crippen molar-refractivity contribution in [3.63, 3.8) is 0 Å². The van der Waals surface area contributed by atoms with Gasteiger partial charge in [0.2, 0.25) is 0 Å². The van der Waals surface area contributed by atoms with Crippen molar-refractivity contribution >= 4 is 51.3 Å². The van der Waals surface area contributed by atoms with E-state index < -0.39 is 5.91 Å². The minimum absolute atomic E-state index is 0.280. The van der Waals surface area contributed by atoms with Crippen LogP contribution in [0.25, 0.3) is 5.69 Å². The Bertz CT molecular complexity index is 1040. The highest BCUT2D eigenvalue weighted by Crippen LogP contribution is 2.26. The number of rotatable bonds is 4. The molecule has 0 spiro atoms. The van der Waals surface area contributed by atoms with Crippen molar-refractivity contribution in [1.29, 1.82) is 0 Å². The van der Waals surface area contributed by atoms with Crippen LogP contribution in [0.3, 0.4) is 0 Å². The fourth-order valence-electron chi connectivity index (χ4n) is 2.82. The molecule has 3 rings (SSSR count). The standard InChI is InChI=1S/C20H16BrCl2N3O/c1-12-9-14(13(2)26(12)19-6-4-3-5-17(19)21)11-24-25-20(27)16-8-7-15(22)10-18(16)23/h3-11H,1-2H3,(H,25,27)/b24-11-. The van der Waals surface area contributed by atoms with E-state index in [1.165, 1.54) is 6.07 Å². The van der Waals surface area contributed by atoms with Crippen LogP contribution in [0.1, 0.15) is 27.3 Å². The van der Waals surface area contributed by atoms with Gasteiger partial charge in [-0.1, -0.05) is 35.3 Å². The molecule has 3 aromatic rings. The smallest absolute Gasteiger partial charge is 0.272 e. The Labute approximate surface area is 175 Å². The van der Waals surface area contributed by atoms with Gasteiger partial charge in [-0.05, 0) is 66.2 Å². The Morgan fingerprint density at radius 1 is 1.15 bits per heavy atom. The number of hydrogen-bond donors (Lipinski definition) is 1. The number of nitrogens with one attached hydrogen (secondary N) is 1. The molecule has 27 heavy (non-hydrogen) atoms. The fraction of sp³-hybridized carbons (Fsp3) is 0.100. The zero-order chi connectivity index (χ0) is 19.6. The third-order valence-electron chi connectivity index (χ3n) is 4.11. The van der Waals surface area contributed by atoms with Crippen LogP contribution in [0, 0.1) is 13.8 Å². The van der Waals surface area contributed by atoms with Crippen LogP contribution >= 0.6 is 39.1 Å². The predicted molar refractivity (Wildman–Crippen MR) is 114 cm³/mol. The summed E-state index contributed by atoms with van der Waals surface area (Å²) in [6.45, 7) is 4.03. The molecule has 0 aliphatic carbocycles. The molecular formula is C20H16BrCl2N3O. The molecule has 2 aromatic carbocycles. The molecule has 7 heteroatoms. The van der Waals surface area contributed by atoms with Crippen molar-refractivity contribution in [2.24, 2.45) is 5.10 Å². The van der Waals surface area contributed by atoms with Crippen LogP contribution in [-0.4, -0.2) is 16.7 Å². The lowest BCUT2D eigenvalue weighted by atomic mass is 10.2. The van der Waals surface area contributed by atoms with E-state index in [9.17, 15) is 4.79 Å². The second-order valence-electron chi connectivity index (χ2n) is 5.94. The van der Waals surface area contributed by atoms with E-state index in [1.54, 1.807) is 18.3 Å². The van der Waals surface area contributed by atoms with Gasteiger partial charge in [-0.25, -0.2) is 5.43 Å². The van der Waals surface area contributed by atoms with E-state index >= 15 is 0 Å². The lowest BCUT2D eigenvalue weighted by Gasteiger charge is -2.11. The van der Waals surface area contributed by atoms with Gasteiger partial charge in [0.05, 0.1) is 22.5 Å². The zero-order valence-corrected chi connectivity index (χ0v) is 17.7. The number of halogens is 3. The van der Waals surface area contributed by atoms with Crippen molar-refractivity contribution in [3.8, 4) is 5.69 Å². The SMILES string of the molecule is Cc1cc(/C=N\NC(=O)c2ccc(Cl)cc2Cl)c(C)n1-c1ccccc1Br. The van der Waals surface area contributed by atoms with Gasteiger partial charge in [-0.15, -0.1) is 0 Å². The lowest BCUT2D eigenvalue weighted by molar-refractivity contribution is 0.0955. The molecule has 0 aliphatic rings. The number of hydrogen-bond acceptors (Lipinski definition) is 2. The van der Waals surface area contributed by atoms with E-state index in [0.717, 1.165) is 27.1 Å². The number of nitrogens with zero attached hydrogens (tertiary/aromatic N) is 2. The summed E-state index contributed by atoms with van der Waals surface area (Å²) in [6, 6.07) is 14.7. The molecular weight excluding hydrogens is 449 g/mol. The van der Waals surface area contributed by atoms with Gasteiger partial charge in [-0.3, -0.25) is 4.79 Å². The maximum Gasteiger partial charge on any atom is 0.272 e. The van der Waals surface area contributed by atoms with Crippen molar-refractivity contribution in [2.75, 3.05) is 0 Å². The summed E-state index contributed by atoms with van der Waals surface area (Å²) in [5.41, 5.74) is 6.85. The number of amides is 1. The molecule has 0 radical (unpaired) electrons. The summed E-state index contributed by atoms with van der Waals surface area (Å²) in [5.74, 6) is -0.396. The number of aryl methyl sites for hydroxylation is 1. The maximum atomic E-state index is 12.2. The molecule has 1 aromatic heterocycles. The van der Waals surface area contributed by atoms with Gasteiger partial charge in [-0.2, -0.15) is 5.10 Å². The van der Waals surface area contributed by atoms with Crippen molar-refractivity contribution in [3.05, 3.63) is 85.6 Å². The summed E-state index contributed by atoms with van der Waals surface area (Å²) in [7, 11) is 0. The molecule has 0 saturated carbocycles. The summed E-state index contributed by atoms with van der Waals surface area (Å²) in [4.78, 5) is 12.2. The minimum Gasteiger partial charge on any atom is -0.317 e. The van der Waals surface area contributed by atoms with Crippen LogP contribution in [0.4, 0.5) is 0 Å². The molecule has 1 N–H and O–H groups in total. The first-order chi connectivity index (χ1) is 12.9. The predicted octanol–water partition coefficient (Wildman–Crippen LogP) is 5.93. The Morgan fingerprint density at radius 2 is 1.89 bits per heavy atom. The highest BCUT2D eigenvalue weighted by molar-refractivity contribution is 9.10. The van der Waals surface area contributed by atoms with Crippen LogP contribution in [0.5, 0.6) is 0 Å². The number of hydrazone groups is 1. The number of aromatic nitrogens is 1. The highest BCUT2D eigenvalue weighted by atomic mass is 79.9. The first-order valence-corrected chi connectivity index (χ1v) is 9.65. The minimum atomic E-state index is -0.396. The molecule has 1 amide bonds. The molecule has 0 aliphatic heterocycles. The number of carbonyl (C=O) groups excluding carboxylic acids is 1. The normalized spacial score (nSPS) is 11.1. The summed E-state index contributed by atoms with van der Waals surface area (Å²) in [6.07, 6.45) is 1.62. The molecule has 4 nitrogen and oxygen atoms in total. The van der Waals surface area contributed by atoms with Gasteiger partial charge in [0.25, 0.3) is 5.91 Å². The second kappa shape index (κ2) is 8.30. The summed E-state index contributed by atoms with van der Waals surface area (Å²) in [5, 5.41) is 4.82. The Kier molecular flexibility index (Phi) is 6.05. The van der Waals surface area contributed by atoms with E-state index in [2.05, 4.69) is 31.0 Å². The second-order valence-corrected chi connectivity index (χ2v) is 7.63. The number of carbonyl (C=O) groups is 1. The number of benzene rings is 2. The van der Waals surface area contributed by atoms with E-state index in [-0.39, 0.29) is 5.02 Å². The van der Waals surface area contributed by atoms with Crippen molar-refractivity contribution < 1.29 is 4.79 Å². The van der Waals surface area contributed by atoms with E-state index in [1.807, 2.05) is 44.2 Å². The van der Waals surface area contributed by atoms with E-state index in [4.69, 9.17) is 23.2 Å². The van der Waals surface area contributed by atoms with E-state index in [0.29, 0.717) is 10.6 Å². The van der Waals surface area contributed by atoms with Crippen LogP contribution in [-0.2, 0) is 0 Å². The van der Waals surface area contributed by atoms with Crippen LogP contribution in [0.2, 0.25) is 10.0 Å². The van der Waals surface area contributed by atoms with Gasteiger partial charge in [0.1, 0.15) is 0 Å². The van der Waals surface area contributed by atoms with Crippen molar-refractivity contribution in [2.45, 2.75) is 13.8 Å². The molecule has 138 valence electrons. The molecule has 1 heterocycles. The largest absolute Gasteiger partial charge is 0.317 e. The number of para-hydroxylation sites is 1. The van der Waals surface area contributed by atoms with Crippen LogP contribution in [0.15, 0.2) is 58.1 Å². The van der Waals surface area contributed by atoms with Gasteiger partial charge >= 0.3 is 0 Å². The van der Waals surface area contributed by atoms with Gasteiger partial charge in [0.15, 0.2) is 0 Å². The average molecular weight is 465 g/mol. The molecule has 0 saturated heterocycles. The zero-order valence-electron chi connectivity index (χ0n) is 14.6. The first kappa shape index (κ1) is 19.7. The van der Waals surface area contributed by atoms with Gasteiger partial charge in [0, 0.05) is 26.4 Å². The monoisotopic (exact) mass is 463 g/mol. The maximum absolute atomic E-state index is 12.2. The topological polar surface area (TPSA) is 46.4 Å². The van der Waals surface area contributed by atoms with Gasteiger partial charge < -0.3 is 4.57 Å². The third kappa shape index (κ3) is 4.26. The molecule has 0 bridgehead atoms. The molecule has 0 fully saturated rings. The Hall–Kier alpha value is -2.08. The fourth-order valence-corrected chi connectivity index (χ4v) is 3.77. The summed E-state index contributed by atoms with van der Waals surface area (Å²) >= 11 is 15.5. The van der Waals surface area contributed by atoms with Crippen molar-refractivity contribution in [1.82, 2.24) is 9.99 Å². The average Bonchev–Trinajstić information content (AvgIpc) is 2.89. The lowest BCUT2D eigenvalue weighted by Crippen LogP contribution is -2.18. The molecule has 0 atom stereocenters. The Morgan fingerprint density at radius 3 is 2.59 bits per heavy atom. The quantitative estimate of drug-likeness (QED) is 0.377. The Balaban J connectivity index is 1.81. The molecule has 0 unspecified atom stereocenters.